The monoisotopic (exact) mass is 220 g/mol. The lowest BCUT2D eigenvalue weighted by Gasteiger charge is -2.23. The summed E-state index contributed by atoms with van der Waals surface area (Å²) in [7, 11) is 0. The molecule has 1 aromatic rings. The molecule has 1 atom stereocenters. The van der Waals surface area contributed by atoms with Crippen LogP contribution in [-0.2, 0) is 4.74 Å². The molecule has 1 aliphatic rings. The second-order valence-corrected chi connectivity index (χ2v) is 4.66. The summed E-state index contributed by atoms with van der Waals surface area (Å²) < 4.78 is 5.44. The Morgan fingerprint density at radius 2 is 2.31 bits per heavy atom. The van der Waals surface area contributed by atoms with Gasteiger partial charge in [-0.05, 0) is 30.9 Å². The van der Waals surface area contributed by atoms with E-state index in [2.05, 4.69) is 36.3 Å². The molecule has 1 N–H and O–H groups in total. The van der Waals surface area contributed by atoms with E-state index in [0.717, 1.165) is 31.1 Å². The zero-order valence-corrected chi connectivity index (χ0v) is 10.1. The summed E-state index contributed by atoms with van der Waals surface area (Å²) in [5, 5.41) is 3.44. The standard InChI is InChI=1S/C13H20N2O/c1-10(2)12-6-3-7-13(15-12)14-11-5-4-8-16-9-11/h3,6-7,10-11H,4-5,8-9H2,1-2H3,(H,14,15). The zero-order chi connectivity index (χ0) is 11.4. The van der Waals surface area contributed by atoms with Gasteiger partial charge in [-0.25, -0.2) is 4.98 Å². The van der Waals surface area contributed by atoms with Gasteiger partial charge in [0.2, 0.25) is 0 Å². The minimum Gasteiger partial charge on any atom is -0.379 e. The molecule has 2 rings (SSSR count). The number of pyridine rings is 1. The summed E-state index contributed by atoms with van der Waals surface area (Å²) in [5.74, 6) is 1.45. The van der Waals surface area contributed by atoms with Crippen LogP contribution >= 0.6 is 0 Å². The van der Waals surface area contributed by atoms with Gasteiger partial charge in [-0.2, -0.15) is 0 Å². The van der Waals surface area contributed by atoms with Crippen LogP contribution in [0.3, 0.4) is 0 Å². The van der Waals surface area contributed by atoms with E-state index in [0.29, 0.717) is 12.0 Å². The molecule has 16 heavy (non-hydrogen) atoms. The molecular formula is C13H20N2O. The Morgan fingerprint density at radius 3 is 3.00 bits per heavy atom. The molecule has 0 amide bonds. The molecule has 0 bridgehead atoms. The number of hydrogen-bond acceptors (Lipinski definition) is 3. The van der Waals surface area contributed by atoms with Gasteiger partial charge in [-0.15, -0.1) is 0 Å². The Kier molecular flexibility index (Phi) is 3.78. The highest BCUT2D eigenvalue weighted by atomic mass is 16.5. The summed E-state index contributed by atoms with van der Waals surface area (Å²) in [6.07, 6.45) is 2.31. The molecule has 1 saturated heterocycles. The fraction of sp³-hybridized carbons (Fsp3) is 0.615. The molecule has 3 nitrogen and oxygen atoms in total. The van der Waals surface area contributed by atoms with Crippen LogP contribution in [0.5, 0.6) is 0 Å². The van der Waals surface area contributed by atoms with Crippen LogP contribution in [0.2, 0.25) is 0 Å². The summed E-state index contributed by atoms with van der Waals surface area (Å²) in [6, 6.07) is 6.59. The predicted octanol–water partition coefficient (Wildman–Crippen LogP) is 2.80. The molecule has 0 saturated carbocycles. The highest BCUT2D eigenvalue weighted by Gasteiger charge is 2.14. The van der Waals surface area contributed by atoms with E-state index in [4.69, 9.17) is 4.74 Å². The summed E-state index contributed by atoms with van der Waals surface area (Å²) in [6.45, 7) is 6.02. The van der Waals surface area contributed by atoms with Crippen molar-refractivity contribution < 1.29 is 4.74 Å². The summed E-state index contributed by atoms with van der Waals surface area (Å²) >= 11 is 0. The van der Waals surface area contributed by atoms with E-state index >= 15 is 0 Å². The van der Waals surface area contributed by atoms with Crippen LogP contribution in [-0.4, -0.2) is 24.2 Å². The van der Waals surface area contributed by atoms with Crippen molar-refractivity contribution in [1.82, 2.24) is 4.98 Å². The smallest absolute Gasteiger partial charge is 0.126 e. The third-order valence-electron chi connectivity index (χ3n) is 2.87. The minimum absolute atomic E-state index is 0.420. The maximum Gasteiger partial charge on any atom is 0.126 e. The van der Waals surface area contributed by atoms with Crippen molar-refractivity contribution in [2.75, 3.05) is 18.5 Å². The Hall–Kier alpha value is -1.09. The highest BCUT2D eigenvalue weighted by molar-refractivity contribution is 5.37. The molecule has 1 aliphatic heterocycles. The van der Waals surface area contributed by atoms with Gasteiger partial charge in [0.05, 0.1) is 12.6 Å². The number of hydrogen-bond donors (Lipinski definition) is 1. The largest absolute Gasteiger partial charge is 0.379 e. The average molecular weight is 220 g/mol. The first-order valence-corrected chi connectivity index (χ1v) is 6.07. The van der Waals surface area contributed by atoms with Crippen LogP contribution in [0, 0.1) is 0 Å². The van der Waals surface area contributed by atoms with Crippen molar-refractivity contribution in [2.45, 2.75) is 38.6 Å². The molecule has 1 fully saturated rings. The summed E-state index contributed by atoms with van der Waals surface area (Å²) in [5.41, 5.74) is 1.14. The summed E-state index contributed by atoms with van der Waals surface area (Å²) in [4.78, 5) is 4.60. The molecule has 0 aliphatic carbocycles. The fourth-order valence-corrected chi connectivity index (χ4v) is 1.92. The molecule has 3 heteroatoms. The Morgan fingerprint density at radius 1 is 1.44 bits per heavy atom. The molecule has 1 unspecified atom stereocenters. The lowest BCUT2D eigenvalue weighted by molar-refractivity contribution is 0.0875. The van der Waals surface area contributed by atoms with Gasteiger partial charge in [-0.1, -0.05) is 19.9 Å². The van der Waals surface area contributed by atoms with Crippen LogP contribution in [0.15, 0.2) is 18.2 Å². The van der Waals surface area contributed by atoms with Gasteiger partial charge in [0, 0.05) is 12.3 Å². The van der Waals surface area contributed by atoms with Gasteiger partial charge in [-0.3, -0.25) is 0 Å². The maximum absolute atomic E-state index is 5.44. The predicted molar refractivity (Wildman–Crippen MR) is 65.8 cm³/mol. The van der Waals surface area contributed by atoms with Crippen LogP contribution in [0.1, 0.15) is 38.3 Å². The van der Waals surface area contributed by atoms with Crippen LogP contribution < -0.4 is 5.32 Å². The molecule has 0 radical (unpaired) electrons. The first-order chi connectivity index (χ1) is 7.75. The fourth-order valence-electron chi connectivity index (χ4n) is 1.92. The number of anilines is 1. The third kappa shape index (κ3) is 2.95. The van der Waals surface area contributed by atoms with E-state index in [1.54, 1.807) is 0 Å². The number of aromatic nitrogens is 1. The van der Waals surface area contributed by atoms with Gasteiger partial charge in [0.25, 0.3) is 0 Å². The Labute approximate surface area is 97.2 Å². The van der Waals surface area contributed by atoms with Crippen molar-refractivity contribution >= 4 is 5.82 Å². The van der Waals surface area contributed by atoms with Gasteiger partial charge in [0.1, 0.15) is 5.82 Å². The van der Waals surface area contributed by atoms with E-state index in [9.17, 15) is 0 Å². The average Bonchev–Trinajstić information content (AvgIpc) is 2.30. The number of nitrogens with zero attached hydrogens (tertiary/aromatic N) is 1. The highest BCUT2D eigenvalue weighted by Crippen LogP contribution is 2.16. The van der Waals surface area contributed by atoms with Crippen molar-refractivity contribution in [2.24, 2.45) is 0 Å². The molecule has 0 aromatic carbocycles. The topological polar surface area (TPSA) is 34.1 Å². The first-order valence-electron chi connectivity index (χ1n) is 6.07. The van der Waals surface area contributed by atoms with Crippen molar-refractivity contribution in [3.63, 3.8) is 0 Å². The normalized spacial score (nSPS) is 21.1. The van der Waals surface area contributed by atoms with Crippen LogP contribution in [0.25, 0.3) is 0 Å². The number of nitrogens with one attached hydrogen (secondary N) is 1. The van der Waals surface area contributed by atoms with Crippen molar-refractivity contribution in [1.29, 1.82) is 0 Å². The van der Waals surface area contributed by atoms with Gasteiger partial charge < -0.3 is 10.1 Å². The minimum atomic E-state index is 0.420. The quantitative estimate of drug-likeness (QED) is 0.850. The zero-order valence-electron chi connectivity index (χ0n) is 10.1. The molecule has 2 heterocycles. The van der Waals surface area contributed by atoms with Crippen molar-refractivity contribution in [3.8, 4) is 0 Å². The van der Waals surface area contributed by atoms with E-state index in [1.807, 2.05) is 6.07 Å². The second-order valence-electron chi connectivity index (χ2n) is 4.66. The van der Waals surface area contributed by atoms with Crippen LogP contribution in [0.4, 0.5) is 5.82 Å². The Balaban J connectivity index is 2.00. The lowest BCUT2D eigenvalue weighted by atomic mass is 10.1. The number of rotatable bonds is 3. The lowest BCUT2D eigenvalue weighted by Crippen LogP contribution is -2.30. The van der Waals surface area contributed by atoms with E-state index in [-0.39, 0.29) is 0 Å². The molecular weight excluding hydrogens is 200 g/mol. The van der Waals surface area contributed by atoms with Crippen molar-refractivity contribution in [3.05, 3.63) is 23.9 Å². The number of ether oxygens (including phenoxy) is 1. The van der Waals surface area contributed by atoms with E-state index in [1.165, 1.54) is 6.42 Å². The third-order valence-corrected chi connectivity index (χ3v) is 2.87. The first kappa shape index (κ1) is 11.4. The SMILES string of the molecule is CC(C)c1cccc(NC2CCCOC2)n1. The molecule has 1 aromatic heterocycles. The maximum atomic E-state index is 5.44. The van der Waals surface area contributed by atoms with Gasteiger partial charge in [0.15, 0.2) is 0 Å². The second kappa shape index (κ2) is 5.30. The van der Waals surface area contributed by atoms with Gasteiger partial charge >= 0.3 is 0 Å². The Bertz CT molecular complexity index is 332. The molecule has 88 valence electrons. The van der Waals surface area contributed by atoms with E-state index < -0.39 is 0 Å². The molecule has 0 spiro atoms.